The Balaban J connectivity index is 2.47. The highest BCUT2D eigenvalue weighted by atomic mass is 35.5. The molecule has 0 saturated carbocycles. The molecule has 3 N–H and O–H groups in total. The van der Waals surface area contributed by atoms with Gasteiger partial charge in [-0.1, -0.05) is 41.4 Å². The van der Waals surface area contributed by atoms with Gasteiger partial charge in [-0.05, 0) is 24.3 Å². The minimum atomic E-state index is -0.873. The van der Waals surface area contributed by atoms with Crippen LogP contribution in [0.3, 0.4) is 0 Å². The first kappa shape index (κ1) is 12.2. The molecular formula is C13H11Cl2NO. The van der Waals surface area contributed by atoms with Crippen LogP contribution in [-0.2, 0) is 0 Å². The highest BCUT2D eigenvalue weighted by Gasteiger charge is 2.16. The lowest BCUT2D eigenvalue weighted by Gasteiger charge is -2.15. The zero-order valence-electron chi connectivity index (χ0n) is 8.90. The van der Waals surface area contributed by atoms with Gasteiger partial charge in [0.15, 0.2) is 0 Å². The third kappa shape index (κ3) is 2.55. The predicted octanol–water partition coefficient (Wildman–Crippen LogP) is 3.66. The standard InChI is InChI=1S/C13H11Cl2NO/c14-8-5-6-12(16)10(7-8)13(17)9-3-1-2-4-11(9)15/h1-7,13,17H,16H2. The van der Waals surface area contributed by atoms with Crippen LogP contribution in [0.4, 0.5) is 5.69 Å². The molecule has 0 heterocycles. The van der Waals surface area contributed by atoms with Crippen LogP contribution >= 0.6 is 23.2 Å². The minimum absolute atomic E-state index is 0.488. The highest BCUT2D eigenvalue weighted by Crippen LogP contribution is 2.32. The quantitative estimate of drug-likeness (QED) is 0.816. The summed E-state index contributed by atoms with van der Waals surface area (Å²) in [4.78, 5) is 0. The molecule has 0 aromatic heterocycles. The Bertz CT molecular complexity index is 543. The van der Waals surface area contributed by atoms with E-state index in [9.17, 15) is 5.11 Å². The van der Waals surface area contributed by atoms with E-state index in [1.54, 1.807) is 36.4 Å². The molecule has 0 spiro atoms. The van der Waals surface area contributed by atoms with Crippen molar-refractivity contribution in [1.29, 1.82) is 0 Å². The molecule has 2 aromatic carbocycles. The van der Waals surface area contributed by atoms with Gasteiger partial charge in [0, 0.05) is 26.9 Å². The summed E-state index contributed by atoms with van der Waals surface area (Å²) in [7, 11) is 0. The van der Waals surface area contributed by atoms with Gasteiger partial charge in [-0.15, -0.1) is 0 Å². The van der Waals surface area contributed by atoms with E-state index in [1.807, 2.05) is 6.07 Å². The number of nitrogens with two attached hydrogens (primary N) is 1. The SMILES string of the molecule is Nc1ccc(Cl)cc1C(O)c1ccccc1Cl. The van der Waals surface area contributed by atoms with Crippen LogP contribution in [0.5, 0.6) is 0 Å². The molecule has 4 heteroatoms. The molecule has 0 radical (unpaired) electrons. The molecule has 0 aliphatic heterocycles. The number of hydrogen-bond acceptors (Lipinski definition) is 2. The van der Waals surface area contributed by atoms with Gasteiger partial charge in [-0.3, -0.25) is 0 Å². The van der Waals surface area contributed by atoms with Gasteiger partial charge >= 0.3 is 0 Å². The number of rotatable bonds is 2. The van der Waals surface area contributed by atoms with Gasteiger partial charge in [0.1, 0.15) is 6.10 Å². The van der Waals surface area contributed by atoms with Crippen LogP contribution in [-0.4, -0.2) is 5.11 Å². The molecule has 17 heavy (non-hydrogen) atoms. The Morgan fingerprint density at radius 2 is 1.71 bits per heavy atom. The fourth-order valence-corrected chi connectivity index (χ4v) is 2.07. The normalized spacial score (nSPS) is 12.4. The number of halogens is 2. The molecule has 2 nitrogen and oxygen atoms in total. The fraction of sp³-hybridized carbons (Fsp3) is 0.0769. The van der Waals surface area contributed by atoms with E-state index in [0.717, 1.165) is 0 Å². The monoisotopic (exact) mass is 267 g/mol. The third-order valence-corrected chi connectivity index (χ3v) is 3.12. The Morgan fingerprint density at radius 3 is 2.41 bits per heavy atom. The second-order valence-corrected chi connectivity index (χ2v) is 4.54. The lowest BCUT2D eigenvalue weighted by atomic mass is 10.00. The third-order valence-electron chi connectivity index (χ3n) is 2.54. The van der Waals surface area contributed by atoms with Gasteiger partial charge in [0.2, 0.25) is 0 Å². The molecule has 0 fully saturated rings. The topological polar surface area (TPSA) is 46.2 Å². The van der Waals surface area contributed by atoms with E-state index in [-0.39, 0.29) is 0 Å². The van der Waals surface area contributed by atoms with Crippen molar-refractivity contribution < 1.29 is 5.11 Å². The largest absolute Gasteiger partial charge is 0.398 e. The molecular weight excluding hydrogens is 257 g/mol. The molecule has 0 amide bonds. The first-order chi connectivity index (χ1) is 8.09. The molecule has 0 bridgehead atoms. The number of hydrogen-bond donors (Lipinski definition) is 2. The van der Waals surface area contributed by atoms with Gasteiger partial charge in [0.25, 0.3) is 0 Å². The molecule has 0 aliphatic carbocycles. The van der Waals surface area contributed by atoms with Crippen LogP contribution in [0.15, 0.2) is 42.5 Å². The van der Waals surface area contributed by atoms with Gasteiger partial charge < -0.3 is 10.8 Å². The average Bonchev–Trinajstić information content (AvgIpc) is 2.32. The van der Waals surface area contributed by atoms with E-state index < -0.39 is 6.10 Å². The molecule has 1 atom stereocenters. The first-order valence-electron chi connectivity index (χ1n) is 5.07. The minimum Gasteiger partial charge on any atom is -0.398 e. The number of benzene rings is 2. The summed E-state index contributed by atoms with van der Waals surface area (Å²) in [5.41, 5.74) is 7.48. The van der Waals surface area contributed by atoms with E-state index in [4.69, 9.17) is 28.9 Å². The average molecular weight is 268 g/mol. The lowest BCUT2D eigenvalue weighted by molar-refractivity contribution is 0.221. The molecule has 2 rings (SSSR count). The Morgan fingerprint density at radius 1 is 1.00 bits per heavy atom. The predicted molar refractivity (Wildman–Crippen MR) is 71.4 cm³/mol. The summed E-state index contributed by atoms with van der Waals surface area (Å²) in [6.45, 7) is 0. The second-order valence-electron chi connectivity index (χ2n) is 3.70. The van der Waals surface area contributed by atoms with Crippen molar-refractivity contribution in [2.45, 2.75) is 6.10 Å². The van der Waals surface area contributed by atoms with Gasteiger partial charge in [-0.2, -0.15) is 0 Å². The zero-order valence-corrected chi connectivity index (χ0v) is 10.4. The number of aliphatic hydroxyl groups excluding tert-OH is 1. The molecule has 2 aromatic rings. The summed E-state index contributed by atoms with van der Waals surface area (Å²) < 4.78 is 0. The smallest absolute Gasteiger partial charge is 0.108 e. The lowest BCUT2D eigenvalue weighted by Crippen LogP contribution is -2.04. The maximum absolute atomic E-state index is 10.3. The van der Waals surface area contributed by atoms with Crippen molar-refractivity contribution in [3.05, 3.63) is 63.6 Å². The zero-order chi connectivity index (χ0) is 12.4. The second kappa shape index (κ2) is 4.96. The highest BCUT2D eigenvalue weighted by molar-refractivity contribution is 6.31. The summed E-state index contributed by atoms with van der Waals surface area (Å²) in [6.07, 6.45) is -0.873. The molecule has 0 saturated heterocycles. The van der Waals surface area contributed by atoms with E-state index in [1.165, 1.54) is 0 Å². The van der Waals surface area contributed by atoms with Crippen molar-refractivity contribution >= 4 is 28.9 Å². The molecule has 88 valence electrons. The van der Waals surface area contributed by atoms with Crippen LogP contribution in [0.1, 0.15) is 17.2 Å². The number of aliphatic hydroxyl groups is 1. The maximum atomic E-state index is 10.3. The molecule has 0 aliphatic rings. The van der Waals surface area contributed by atoms with Crippen LogP contribution < -0.4 is 5.73 Å². The first-order valence-corrected chi connectivity index (χ1v) is 5.82. The Kier molecular flexibility index (Phi) is 3.57. The van der Waals surface area contributed by atoms with Crippen molar-refractivity contribution in [1.82, 2.24) is 0 Å². The van der Waals surface area contributed by atoms with E-state index in [2.05, 4.69) is 0 Å². The van der Waals surface area contributed by atoms with Crippen LogP contribution in [0.2, 0.25) is 10.0 Å². The number of anilines is 1. The van der Waals surface area contributed by atoms with Gasteiger partial charge in [-0.25, -0.2) is 0 Å². The van der Waals surface area contributed by atoms with E-state index >= 15 is 0 Å². The maximum Gasteiger partial charge on any atom is 0.108 e. The van der Waals surface area contributed by atoms with Crippen LogP contribution in [0.25, 0.3) is 0 Å². The van der Waals surface area contributed by atoms with Crippen molar-refractivity contribution in [2.24, 2.45) is 0 Å². The Hall–Kier alpha value is -1.22. The summed E-state index contributed by atoms with van der Waals surface area (Å²) in [6, 6.07) is 12.1. The van der Waals surface area contributed by atoms with Crippen molar-refractivity contribution in [3.63, 3.8) is 0 Å². The fourth-order valence-electron chi connectivity index (χ4n) is 1.65. The van der Waals surface area contributed by atoms with Crippen molar-refractivity contribution in [2.75, 3.05) is 5.73 Å². The summed E-state index contributed by atoms with van der Waals surface area (Å²) >= 11 is 11.9. The summed E-state index contributed by atoms with van der Waals surface area (Å²) in [5.74, 6) is 0. The van der Waals surface area contributed by atoms with E-state index in [0.29, 0.717) is 26.9 Å². The van der Waals surface area contributed by atoms with Gasteiger partial charge in [0.05, 0.1) is 0 Å². The molecule has 1 unspecified atom stereocenters. The Labute approximate surface area is 110 Å². The van der Waals surface area contributed by atoms with Crippen LogP contribution in [0, 0.1) is 0 Å². The summed E-state index contributed by atoms with van der Waals surface area (Å²) in [5, 5.41) is 11.3. The van der Waals surface area contributed by atoms with Crippen molar-refractivity contribution in [3.8, 4) is 0 Å². The number of nitrogen functional groups attached to an aromatic ring is 1.